The zero-order valence-corrected chi connectivity index (χ0v) is 56.0. The molecule has 0 spiro atoms. The van der Waals surface area contributed by atoms with E-state index >= 15 is 9.59 Å². The highest BCUT2D eigenvalue weighted by molar-refractivity contribution is 7.99. The van der Waals surface area contributed by atoms with E-state index in [1.807, 2.05) is 24.5 Å². The molecule has 0 aliphatic carbocycles. The number of aliphatic hydroxyl groups excluding tert-OH is 1. The molecule has 4 heterocycles. The lowest BCUT2D eigenvalue weighted by Gasteiger charge is -2.31. The molecule has 30 nitrogen and oxygen atoms in total. The molecule has 0 saturated carbocycles. The number of aliphatic carboxylic acids is 1. The van der Waals surface area contributed by atoms with Gasteiger partial charge in [0.15, 0.2) is 0 Å². The maximum absolute atomic E-state index is 15.2. The number of oxime groups is 1. The van der Waals surface area contributed by atoms with Gasteiger partial charge in [-0.3, -0.25) is 52.7 Å². The van der Waals surface area contributed by atoms with Crippen molar-refractivity contribution in [3.63, 3.8) is 0 Å². The number of carbonyl (C=O) groups excluding carboxylic acids is 10. The van der Waals surface area contributed by atoms with Crippen LogP contribution in [0, 0.1) is 0 Å². The van der Waals surface area contributed by atoms with Gasteiger partial charge in [-0.1, -0.05) is 35.5 Å². The predicted octanol–water partition coefficient (Wildman–Crippen LogP) is -0.0525. The van der Waals surface area contributed by atoms with Gasteiger partial charge < -0.3 is 88.2 Å². The van der Waals surface area contributed by atoms with Gasteiger partial charge >= 0.3 is 5.97 Å². The number of carboxylic acids is 1. The molecule has 4 aromatic rings. The van der Waals surface area contributed by atoms with Gasteiger partial charge in [0, 0.05) is 60.7 Å². The van der Waals surface area contributed by atoms with Crippen LogP contribution in [0.15, 0.2) is 84.4 Å². The van der Waals surface area contributed by atoms with Crippen LogP contribution in [-0.4, -0.2) is 210 Å². The van der Waals surface area contributed by atoms with Crippen molar-refractivity contribution in [2.75, 3.05) is 43.3 Å². The van der Waals surface area contributed by atoms with Crippen LogP contribution < -0.4 is 53.0 Å². The van der Waals surface area contributed by atoms with Gasteiger partial charge in [-0.25, -0.2) is 4.98 Å². The Bertz CT molecular complexity index is 3400. The fourth-order valence-electron chi connectivity index (χ4n) is 10.7. The molecule has 1 saturated heterocycles. The Balaban J connectivity index is 1.29. The summed E-state index contributed by atoms with van der Waals surface area (Å²) in [5.41, 5.74) is 8.54. The van der Waals surface area contributed by atoms with Crippen LogP contribution in [0.3, 0.4) is 0 Å². The molecule has 0 unspecified atom stereocenters. The molecule has 524 valence electrons. The number of H-pyrrole nitrogens is 1. The molecule has 3 aromatic carbocycles. The summed E-state index contributed by atoms with van der Waals surface area (Å²) in [6.45, 7) is 1.57. The van der Waals surface area contributed by atoms with E-state index in [0.717, 1.165) is 36.4 Å². The molecule has 10 atom stereocenters. The van der Waals surface area contributed by atoms with Crippen LogP contribution in [0.5, 0.6) is 17.2 Å². The van der Waals surface area contributed by atoms with Crippen molar-refractivity contribution in [3.05, 3.63) is 107 Å². The molecular weight excluding hydrogens is 1320 g/mol. The fourth-order valence-corrected chi connectivity index (χ4v) is 13.2. The number of imidazole rings is 1. The monoisotopic (exact) mass is 1400 g/mol. The van der Waals surface area contributed by atoms with E-state index in [1.54, 1.807) is 0 Å². The maximum atomic E-state index is 15.2. The summed E-state index contributed by atoms with van der Waals surface area (Å²) in [5, 5.41) is 66.1. The van der Waals surface area contributed by atoms with Gasteiger partial charge in [0.2, 0.25) is 53.2 Å². The summed E-state index contributed by atoms with van der Waals surface area (Å²) < 4.78 is 6.30. The number of thioether (sulfide) groups is 3. The number of hydrogen-bond donors (Lipinski definition) is 14. The van der Waals surface area contributed by atoms with Crippen molar-refractivity contribution in [2.24, 2.45) is 10.9 Å². The molecule has 1 fully saturated rings. The summed E-state index contributed by atoms with van der Waals surface area (Å²) >= 11 is 3.87. The van der Waals surface area contributed by atoms with Gasteiger partial charge in [-0.15, -0.1) is 0 Å². The Hall–Kier alpha value is -9.08. The summed E-state index contributed by atoms with van der Waals surface area (Å²) in [6.07, 6.45) is 4.94. The van der Waals surface area contributed by atoms with E-state index in [4.69, 9.17) is 15.3 Å². The molecule has 15 N–H and O–H groups in total. The number of primary amides is 1. The number of ether oxygens (including phenoxy) is 1. The van der Waals surface area contributed by atoms with Crippen LogP contribution in [-0.2, 0) is 88.3 Å². The highest BCUT2D eigenvalue weighted by atomic mass is 32.2. The summed E-state index contributed by atoms with van der Waals surface area (Å²) in [5.74, 6) is -10.1. The number of aromatic hydroxyl groups is 2. The Morgan fingerprint density at radius 3 is 1.89 bits per heavy atom. The first kappa shape index (κ1) is 75.3. The third-order valence-corrected chi connectivity index (χ3v) is 18.7. The minimum Gasteiger partial charge on any atom is -0.508 e. The van der Waals surface area contributed by atoms with Gasteiger partial charge in [-0.05, 0) is 123 Å². The Morgan fingerprint density at radius 2 is 1.26 bits per heavy atom. The number of aliphatic hydroxyl groups is 1. The summed E-state index contributed by atoms with van der Waals surface area (Å²) in [7, 11) is 0. The number of fused-ring (bicyclic) bond motifs is 6. The van der Waals surface area contributed by atoms with Crippen molar-refractivity contribution in [1.82, 2.24) is 57.4 Å². The van der Waals surface area contributed by atoms with Crippen LogP contribution in [0.4, 0.5) is 0 Å². The number of benzene rings is 3. The highest BCUT2D eigenvalue weighted by Crippen LogP contribution is 2.27. The van der Waals surface area contributed by atoms with E-state index in [1.165, 1.54) is 96.3 Å². The number of nitrogens with two attached hydrogens (primary N) is 1. The van der Waals surface area contributed by atoms with Crippen LogP contribution >= 0.6 is 35.3 Å². The second-order valence-corrected chi connectivity index (χ2v) is 26.5. The highest BCUT2D eigenvalue weighted by Gasteiger charge is 2.42. The molecule has 3 aliphatic rings. The number of nitrogens with zero attached hydrogens (tertiary/aromatic N) is 3. The average Bonchev–Trinajstić information content (AvgIpc) is 1.78. The molecule has 4 bridgehead atoms. The lowest BCUT2D eigenvalue weighted by atomic mass is 10.0. The number of carbonyl (C=O) groups is 11. The molecule has 97 heavy (non-hydrogen) atoms. The van der Waals surface area contributed by atoms with Crippen molar-refractivity contribution < 1.29 is 82.7 Å². The zero-order valence-electron chi connectivity index (χ0n) is 53.5. The molecule has 3 aliphatic heterocycles. The van der Waals surface area contributed by atoms with Gasteiger partial charge in [0.25, 0.3) is 5.91 Å². The summed E-state index contributed by atoms with van der Waals surface area (Å²) in [4.78, 5) is 169. The first-order valence-corrected chi connectivity index (χ1v) is 35.3. The van der Waals surface area contributed by atoms with E-state index in [9.17, 15) is 63.6 Å². The third-order valence-electron chi connectivity index (χ3n) is 15.8. The number of phenolic OH excluding ortho intramolecular Hbond substituents is 2. The smallest absolute Gasteiger partial charge is 0.305 e. The fraction of sp³-hybridized carbons (Fsp3) is 0.484. The van der Waals surface area contributed by atoms with E-state index in [-0.39, 0.29) is 86.2 Å². The van der Waals surface area contributed by atoms with E-state index < -0.39 is 132 Å². The average molecular weight is 1400 g/mol. The van der Waals surface area contributed by atoms with Crippen molar-refractivity contribution in [2.45, 2.75) is 150 Å². The van der Waals surface area contributed by atoms with Crippen molar-refractivity contribution in [1.29, 1.82) is 0 Å². The Morgan fingerprint density at radius 1 is 0.670 bits per heavy atom. The number of hydrogen-bond acceptors (Lipinski definition) is 21. The maximum Gasteiger partial charge on any atom is 0.305 e. The van der Waals surface area contributed by atoms with Crippen LogP contribution in [0.25, 0.3) is 0 Å². The standard InChI is InChI=1S/C64H83N13O17S3/c1-36(78)55-63(91)72-46(25-37-9-13-42(79)14-10-37)58(86)70-47(27-41-29-66-35-67-41)59(87)74-50(56(65)84)33-96-31-39-22-40-24-44(23-39)93-19-5-3-4-6-20-94-68-30-53(81)69-45(17-21-95-2)57(85)75-51(34-97-32-40)61(89)73-49(26-38-11-15-43(80)16-12-38)64(92)77-18-7-8-52(77)62(90)71-48(28-54(82)83)60(88)76-55/h9-16,22-24,29-30,35-36,45-52,55,78-80H,3-8,17-21,25-28,31-34H2,1-2H3,(H2,65,84)(H,66,67)(H,69,81)(H,70,86)(H,71,90)(H,72,91)(H,73,89)(H,74,87)(H,75,85)(H,76,88)(H,82,83)/b68-30+/t36-,45+,46+,47+,48+,49+,50+,51+,52+,55+/m1/s1. The number of aromatic amines is 1. The zero-order chi connectivity index (χ0) is 70.0. The molecule has 7 rings (SSSR count). The Labute approximate surface area is 572 Å². The van der Waals surface area contributed by atoms with E-state index in [0.29, 0.717) is 53.3 Å². The molecule has 1 aromatic heterocycles. The SMILES string of the molecule is CSCC[C@@H]1NC(=O)/C=N/OCCCCCCOc2cc3cc(c2)CSC[C@H](NC1=O)C(=O)N[C@@H](Cc1ccc(O)cc1)C(=O)N1CCC[C@H]1C(=O)N[C@@H](CC(=O)O)C(=O)N[C@@H]([C@@H](C)O)C(=O)N[C@@H](Cc1ccc(O)cc1)C(=O)N[C@@H](Cc1cnc[nH]1)C(=O)N[C@H](C(N)=O)CSC3. The summed E-state index contributed by atoms with van der Waals surface area (Å²) in [6, 6.07) is 2.97. The minimum absolute atomic E-state index is 0.0138. The largest absolute Gasteiger partial charge is 0.508 e. The topological polar surface area (TPSA) is 454 Å². The second-order valence-electron chi connectivity index (χ2n) is 23.5. The number of amides is 10. The van der Waals surface area contributed by atoms with Crippen molar-refractivity contribution in [3.8, 4) is 17.2 Å². The first-order chi connectivity index (χ1) is 46.5. The molecule has 33 heteroatoms. The molecule has 10 amide bonds. The number of rotatable bonds is 13. The molecule has 0 radical (unpaired) electrons. The predicted molar refractivity (Wildman–Crippen MR) is 359 cm³/mol. The van der Waals surface area contributed by atoms with Gasteiger partial charge in [0.05, 0.1) is 25.5 Å². The first-order valence-electron chi connectivity index (χ1n) is 31.5. The molecular formula is C64H83N13O17S3. The number of nitrogens with one attached hydrogen (secondary N) is 9. The lowest BCUT2D eigenvalue weighted by molar-refractivity contribution is -0.144. The second kappa shape index (κ2) is 38.0. The number of phenols is 2. The van der Waals surface area contributed by atoms with Crippen molar-refractivity contribution >= 4 is 107 Å². The van der Waals surface area contributed by atoms with E-state index in [2.05, 4.69) is 57.7 Å². The minimum atomic E-state index is -1.97. The lowest BCUT2D eigenvalue weighted by Crippen LogP contribution is -2.62. The number of carboxylic acid groups (broad SMARTS) is 1. The van der Waals surface area contributed by atoms with Gasteiger partial charge in [-0.2, -0.15) is 35.3 Å². The number of aromatic nitrogens is 2. The van der Waals surface area contributed by atoms with Crippen LogP contribution in [0.2, 0.25) is 0 Å². The van der Waals surface area contributed by atoms with Crippen LogP contribution in [0.1, 0.15) is 86.2 Å². The normalized spacial score (nSPS) is 24.7. The third kappa shape index (κ3) is 24.2. The van der Waals surface area contributed by atoms with Gasteiger partial charge in [0.1, 0.15) is 84.4 Å². The Kier molecular flexibility index (Phi) is 29.5. The quantitative estimate of drug-likeness (QED) is 0.0834.